The number of imidazole rings is 1. The van der Waals surface area contributed by atoms with E-state index in [2.05, 4.69) is 22.5 Å². The van der Waals surface area contributed by atoms with E-state index in [9.17, 15) is 9.59 Å². The van der Waals surface area contributed by atoms with Gasteiger partial charge in [0, 0.05) is 25.0 Å². The van der Waals surface area contributed by atoms with Gasteiger partial charge in [-0.2, -0.15) is 0 Å². The van der Waals surface area contributed by atoms with Crippen molar-refractivity contribution in [1.29, 1.82) is 0 Å². The minimum Gasteiger partial charge on any atom is -0.497 e. The Morgan fingerprint density at radius 3 is 2.58 bits per heavy atom. The molecule has 174 valence electrons. The number of methoxy groups -OCH3 is 1. The number of aromatic nitrogens is 2. The van der Waals surface area contributed by atoms with Crippen LogP contribution in [0.1, 0.15) is 47.6 Å². The molecule has 0 aliphatic rings. The van der Waals surface area contributed by atoms with Crippen molar-refractivity contribution in [2.75, 3.05) is 20.3 Å². The van der Waals surface area contributed by atoms with E-state index in [0.717, 1.165) is 18.4 Å². The van der Waals surface area contributed by atoms with Gasteiger partial charge in [0.15, 0.2) is 0 Å². The molecule has 0 aliphatic carbocycles. The smallest absolute Gasteiger partial charge is 0.251 e. The van der Waals surface area contributed by atoms with E-state index in [1.807, 2.05) is 42.1 Å². The summed E-state index contributed by atoms with van der Waals surface area (Å²) in [6.45, 7) is 2.58. The Balaban J connectivity index is 1.62. The lowest BCUT2D eigenvalue weighted by Crippen LogP contribution is -2.39. The molecule has 3 aromatic rings. The van der Waals surface area contributed by atoms with E-state index < -0.39 is 6.04 Å². The molecule has 1 heterocycles. The number of unbranched alkanes of at least 4 members (excludes halogenated alkanes) is 1. The van der Waals surface area contributed by atoms with Crippen molar-refractivity contribution in [3.63, 3.8) is 0 Å². The fraction of sp³-hybridized carbons (Fsp3) is 0.320. The molecule has 1 unspecified atom stereocenters. The lowest BCUT2D eigenvalue weighted by atomic mass is 10.1. The Kier molecular flexibility index (Phi) is 8.46. The normalized spacial score (nSPS) is 11.5. The standard InChI is InChI=1S/C25H30N4O4/c1-4-5-15-33-20-11-9-18(10-12-20)25(31)27-17-22(30)28-23(24-26-13-14-29(24)2)19-7-6-8-21(16-19)32-3/h6-14,16,23H,4-5,15,17H2,1-3H3,(H,27,31)(H,28,30). The van der Waals surface area contributed by atoms with Crippen molar-refractivity contribution in [2.24, 2.45) is 7.05 Å². The van der Waals surface area contributed by atoms with Crippen molar-refractivity contribution in [3.8, 4) is 11.5 Å². The molecule has 0 spiro atoms. The first-order chi connectivity index (χ1) is 16.0. The number of carbonyl (C=O) groups is 2. The Morgan fingerprint density at radius 1 is 1.12 bits per heavy atom. The maximum atomic E-state index is 12.7. The van der Waals surface area contributed by atoms with Crippen LogP contribution in [0.5, 0.6) is 11.5 Å². The van der Waals surface area contributed by atoms with Crippen LogP contribution in [0.3, 0.4) is 0 Å². The van der Waals surface area contributed by atoms with Gasteiger partial charge in [-0.3, -0.25) is 9.59 Å². The van der Waals surface area contributed by atoms with Crippen LogP contribution in [0.15, 0.2) is 60.9 Å². The van der Waals surface area contributed by atoms with Crippen LogP contribution >= 0.6 is 0 Å². The highest BCUT2D eigenvalue weighted by atomic mass is 16.5. The monoisotopic (exact) mass is 450 g/mol. The first-order valence-electron chi connectivity index (χ1n) is 10.9. The van der Waals surface area contributed by atoms with E-state index in [0.29, 0.717) is 29.5 Å². The Bertz CT molecular complexity index is 1060. The molecule has 33 heavy (non-hydrogen) atoms. The highest BCUT2D eigenvalue weighted by molar-refractivity contribution is 5.96. The van der Waals surface area contributed by atoms with Gasteiger partial charge in [0.2, 0.25) is 5.91 Å². The molecule has 0 aliphatic heterocycles. The number of nitrogens with one attached hydrogen (secondary N) is 2. The summed E-state index contributed by atoms with van der Waals surface area (Å²) in [4.78, 5) is 29.6. The average molecular weight is 451 g/mol. The molecule has 0 fully saturated rings. The molecule has 0 bridgehead atoms. The zero-order valence-electron chi connectivity index (χ0n) is 19.2. The molecule has 0 saturated heterocycles. The molecule has 8 nitrogen and oxygen atoms in total. The van der Waals surface area contributed by atoms with Crippen LogP contribution in [0, 0.1) is 0 Å². The fourth-order valence-electron chi connectivity index (χ4n) is 3.28. The maximum absolute atomic E-state index is 12.7. The van der Waals surface area contributed by atoms with Crippen molar-refractivity contribution in [3.05, 3.63) is 77.9 Å². The molecule has 2 N–H and O–H groups in total. The second-order valence-electron chi connectivity index (χ2n) is 7.58. The second kappa shape index (κ2) is 11.7. The SMILES string of the molecule is CCCCOc1ccc(C(=O)NCC(=O)NC(c2cccc(OC)c2)c2nccn2C)cc1. The summed E-state index contributed by atoms with van der Waals surface area (Å²) in [5.74, 6) is 1.39. The van der Waals surface area contributed by atoms with E-state index in [1.165, 1.54) is 0 Å². The first kappa shape index (κ1) is 23.8. The summed E-state index contributed by atoms with van der Waals surface area (Å²) >= 11 is 0. The van der Waals surface area contributed by atoms with Gasteiger partial charge in [0.25, 0.3) is 5.91 Å². The summed E-state index contributed by atoms with van der Waals surface area (Å²) in [7, 11) is 3.45. The predicted octanol–water partition coefficient (Wildman–Crippen LogP) is 3.24. The number of hydrogen-bond acceptors (Lipinski definition) is 5. The average Bonchev–Trinajstić information content (AvgIpc) is 3.27. The predicted molar refractivity (Wildman–Crippen MR) is 125 cm³/mol. The molecule has 3 rings (SSSR count). The van der Waals surface area contributed by atoms with Crippen molar-refractivity contribution >= 4 is 11.8 Å². The molecule has 2 aromatic carbocycles. The van der Waals surface area contributed by atoms with E-state index in [-0.39, 0.29) is 18.4 Å². The maximum Gasteiger partial charge on any atom is 0.251 e. The van der Waals surface area contributed by atoms with Gasteiger partial charge in [0.05, 0.1) is 20.3 Å². The zero-order valence-corrected chi connectivity index (χ0v) is 19.2. The second-order valence-corrected chi connectivity index (χ2v) is 7.58. The number of carbonyl (C=O) groups excluding carboxylic acids is 2. The van der Waals surface area contributed by atoms with Crippen molar-refractivity contribution in [2.45, 2.75) is 25.8 Å². The fourth-order valence-corrected chi connectivity index (χ4v) is 3.28. The number of ether oxygens (including phenoxy) is 2. The summed E-state index contributed by atoms with van der Waals surface area (Å²) in [5, 5.41) is 5.63. The molecule has 0 saturated carbocycles. The number of amides is 2. The molecule has 2 amide bonds. The number of hydrogen-bond donors (Lipinski definition) is 2. The van der Waals surface area contributed by atoms with Gasteiger partial charge in [-0.25, -0.2) is 4.98 Å². The topological polar surface area (TPSA) is 94.5 Å². The summed E-state index contributed by atoms with van der Waals surface area (Å²) < 4.78 is 12.8. The molecule has 1 aromatic heterocycles. The third-order valence-corrected chi connectivity index (χ3v) is 5.14. The summed E-state index contributed by atoms with van der Waals surface area (Å²) in [6.07, 6.45) is 5.52. The van der Waals surface area contributed by atoms with Crippen LogP contribution in [-0.2, 0) is 11.8 Å². The van der Waals surface area contributed by atoms with Crippen molar-refractivity contribution < 1.29 is 19.1 Å². The molecular formula is C25H30N4O4. The van der Waals surface area contributed by atoms with Gasteiger partial charge >= 0.3 is 0 Å². The van der Waals surface area contributed by atoms with Gasteiger partial charge < -0.3 is 24.7 Å². The minimum atomic E-state index is -0.496. The lowest BCUT2D eigenvalue weighted by Gasteiger charge is -2.20. The third-order valence-electron chi connectivity index (χ3n) is 5.14. The minimum absolute atomic E-state index is 0.168. The van der Waals surface area contributed by atoms with Gasteiger partial charge in [-0.1, -0.05) is 25.5 Å². The summed E-state index contributed by atoms with van der Waals surface area (Å²) in [5.41, 5.74) is 1.28. The van der Waals surface area contributed by atoms with E-state index in [4.69, 9.17) is 9.47 Å². The molecule has 0 radical (unpaired) electrons. The van der Waals surface area contributed by atoms with Gasteiger partial charge in [-0.05, 0) is 48.4 Å². The Labute approximate surface area is 193 Å². The van der Waals surface area contributed by atoms with Crippen LogP contribution in [-0.4, -0.2) is 41.6 Å². The molecule has 8 heteroatoms. The largest absolute Gasteiger partial charge is 0.497 e. The van der Waals surface area contributed by atoms with Crippen LogP contribution in [0.25, 0.3) is 0 Å². The van der Waals surface area contributed by atoms with Crippen LogP contribution in [0.4, 0.5) is 0 Å². The summed E-state index contributed by atoms with van der Waals surface area (Å²) in [6, 6.07) is 13.8. The first-order valence-corrected chi connectivity index (χ1v) is 10.9. The van der Waals surface area contributed by atoms with Gasteiger partial charge in [-0.15, -0.1) is 0 Å². The quantitative estimate of drug-likeness (QED) is 0.438. The van der Waals surface area contributed by atoms with Crippen LogP contribution in [0.2, 0.25) is 0 Å². The van der Waals surface area contributed by atoms with E-state index >= 15 is 0 Å². The molecule has 1 atom stereocenters. The number of rotatable bonds is 11. The van der Waals surface area contributed by atoms with Crippen molar-refractivity contribution in [1.82, 2.24) is 20.2 Å². The molecular weight excluding hydrogens is 420 g/mol. The van der Waals surface area contributed by atoms with Gasteiger partial charge in [0.1, 0.15) is 23.4 Å². The number of nitrogens with zero attached hydrogens (tertiary/aromatic N) is 2. The highest BCUT2D eigenvalue weighted by Gasteiger charge is 2.21. The third kappa shape index (κ3) is 6.58. The number of benzene rings is 2. The Hall–Kier alpha value is -3.81. The lowest BCUT2D eigenvalue weighted by molar-refractivity contribution is -0.120. The Morgan fingerprint density at radius 2 is 1.91 bits per heavy atom. The van der Waals surface area contributed by atoms with E-state index in [1.54, 1.807) is 37.6 Å². The highest BCUT2D eigenvalue weighted by Crippen LogP contribution is 2.24. The zero-order chi connectivity index (χ0) is 23.6. The number of aryl methyl sites for hydroxylation is 1. The van der Waals surface area contributed by atoms with Crippen LogP contribution < -0.4 is 20.1 Å².